The summed E-state index contributed by atoms with van der Waals surface area (Å²) in [5.74, 6) is 0.456. The molecule has 1 aromatic rings. The molecule has 1 aromatic heterocycles. The molecule has 1 fully saturated rings. The molecule has 0 aromatic carbocycles. The molecular formula is C15H25NOS. The maximum Gasteiger partial charge on any atom is 0.0474 e. The van der Waals surface area contributed by atoms with Gasteiger partial charge in [-0.1, -0.05) is 19.3 Å². The van der Waals surface area contributed by atoms with E-state index in [1.165, 1.54) is 37.7 Å². The standard InChI is InChI=1S/C15H25NOS/c1-12(9-13-7-8-18-11-13)16-15-6-4-2-3-5-14(15)10-17/h7-8,11-12,14-17H,2-6,9-10H2,1H3. The molecule has 2 N–H and O–H groups in total. The van der Waals surface area contributed by atoms with Crippen molar-refractivity contribution < 1.29 is 5.11 Å². The third kappa shape index (κ3) is 4.08. The Morgan fingerprint density at radius 1 is 1.39 bits per heavy atom. The van der Waals surface area contributed by atoms with E-state index in [2.05, 4.69) is 29.1 Å². The second-order valence-corrected chi connectivity index (χ2v) is 6.37. The first-order valence-corrected chi connectivity index (χ1v) is 8.12. The maximum atomic E-state index is 9.52. The Morgan fingerprint density at radius 2 is 2.22 bits per heavy atom. The summed E-state index contributed by atoms with van der Waals surface area (Å²) in [7, 11) is 0. The van der Waals surface area contributed by atoms with Crippen molar-refractivity contribution in [1.29, 1.82) is 0 Å². The molecule has 18 heavy (non-hydrogen) atoms. The summed E-state index contributed by atoms with van der Waals surface area (Å²) in [6.07, 6.45) is 7.41. The maximum absolute atomic E-state index is 9.52. The summed E-state index contributed by atoms with van der Waals surface area (Å²) in [5.41, 5.74) is 1.43. The van der Waals surface area contributed by atoms with Gasteiger partial charge in [0.15, 0.2) is 0 Å². The predicted octanol–water partition coefficient (Wildman–Crippen LogP) is 3.21. The summed E-state index contributed by atoms with van der Waals surface area (Å²) in [4.78, 5) is 0. The molecule has 1 saturated carbocycles. The van der Waals surface area contributed by atoms with Gasteiger partial charge in [0.2, 0.25) is 0 Å². The molecule has 3 atom stereocenters. The van der Waals surface area contributed by atoms with Crippen molar-refractivity contribution in [1.82, 2.24) is 5.32 Å². The van der Waals surface area contributed by atoms with Gasteiger partial charge in [0.05, 0.1) is 0 Å². The fourth-order valence-electron chi connectivity index (χ4n) is 3.01. The second-order valence-electron chi connectivity index (χ2n) is 5.59. The number of aliphatic hydroxyl groups is 1. The van der Waals surface area contributed by atoms with Crippen LogP contribution < -0.4 is 5.32 Å². The van der Waals surface area contributed by atoms with Crippen LogP contribution in [0.3, 0.4) is 0 Å². The molecule has 0 spiro atoms. The van der Waals surface area contributed by atoms with Crippen LogP contribution in [0.25, 0.3) is 0 Å². The Balaban J connectivity index is 1.85. The Bertz CT molecular complexity index is 325. The van der Waals surface area contributed by atoms with Crippen LogP contribution >= 0.6 is 11.3 Å². The molecule has 2 rings (SSSR count). The van der Waals surface area contributed by atoms with Crippen LogP contribution in [0.4, 0.5) is 0 Å². The SMILES string of the molecule is CC(Cc1ccsc1)NC1CCCCCC1CO. The quantitative estimate of drug-likeness (QED) is 0.803. The number of aliphatic hydroxyl groups excluding tert-OH is 1. The summed E-state index contributed by atoms with van der Waals surface area (Å²) in [5, 5.41) is 17.6. The largest absolute Gasteiger partial charge is 0.396 e. The lowest BCUT2D eigenvalue weighted by atomic mass is 9.94. The molecule has 102 valence electrons. The minimum atomic E-state index is 0.336. The van der Waals surface area contributed by atoms with E-state index < -0.39 is 0 Å². The van der Waals surface area contributed by atoms with E-state index in [0.29, 0.717) is 24.6 Å². The number of hydrogen-bond donors (Lipinski definition) is 2. The zero-order valence-corrected chi connectivity index (χ0v) is 12.1. The van der Waals surface area contributed by atoms with Crippen LogP contribution in [0.2, 0.25) is 0 Å². The van der Waals surface area contributed by atoms with Crippen molar-refractivity contribution in [3.05, 3.63) is 22.4 Å². The van der Waals surface area contributed by atoms with Gasteiger partial charge in [-0.2, -0.15) is 11.3 Å². The third-order valence-corrected chi connectivity index (χ3v) is 4.75. The van der Waals surface area contributed by atoms with Crippen LogP contribution in [-0.2, 0) is 6.42 Å². The van der Waals surface area contributed by atoms with E-state index in [0.717, 1.165) is 6.42 Å². The number of nitrogens with one attached hydrogen (secondary N) is 1. The van der Waals surface area contributed by atoms with Crippen molar-refractivity contribution in [3.8, 4) is 0 Å². The summed E-state index contributed by atoms with van der Waals surface area (Å²) in [6, 6.07) is 3.21. The average molecular weight is 267 g/mol. The highest BCUT2D eigenvalue weighted by molar-refractivity contribution is 7.07. The van der Waals surface area contributed by atoms with Crippen LogP contribution in [0.15, 0.2) is 16.8 Å². The molecule has 0 aliphatic heterocycles. The monoisotopic (exact) mass is 267 g/mol. The molecule has 3 unspecified atom stereocenters. The lowest BCUT2D eigenvalue weighted by Crippen LogP contribution is -2.43. The molecule has 1 aliphatic rings. The van der Waals surface area contributed by atoms with Crippen molar-refractivity contribution in [2.45, 2.75) is 57.5 Å². The zero-order chi connectivity index (χ0) is 12.8. The van der Waals surface area contributed by atoms with Gasteiger partial charge in [-0.15, -0.1) is 0 Å². The summed E-state index contributed by atoms with van der Waals surface area (Å²) in [6.45, 7) is 2.60. The van der Waals surface area contributed by atoms with Crippen LogP contribution in [0, 0.1) is 5.92 Å². The highest BCUT2D eigenvalue weighted by Gasteiger charge is 2.24. The highest BCUT2D eigenvalue weighted by atomic mass is 32.1. The minimum absolute atomic E-state index is 0.336. The smallest absolute Gasteiger partial charge is 0.0474 e. The fraction of sp³-hybridized carbons (Fsp3) is 0.733. The Hall–Kier alpha value is -0.380. The van der Waals surface area contributed by atoms with Gasteiger partial charge in [0.25, 0.3) is 0 Å². The summed E-state index contributed by atoms with van der Waals surface area (Å²) >= 11 is 1.77. The van der Waals surface area contributed by atoms with Gasteiger partial charge >= 0.3 is 0 Å². The van der Waals surface area contributed by atoms with Gasteiger partial charge < -0.3 is 10.4 Å². The van der Waals surface area contributed by atoms with Gasteiger partial charge in [-0.25, -0.2) is 0 Å². The molecule has 0 saturated heterocycles. The first-order valence-electron chi connectivity index (χ1n) is 7.17. The molecule has 3 heteroatoms. The Morgan fingerprint density at radius 3 is 2.94 bits per heavy atom. The van der Waals surface area contributed by atoms with Gasteiger partial charge in [-0.3, -0.25) is 0 Å². The molecule has 1 aliphatic carbocycles. The number of thiophene rings is 1. The van der Waals surface area contributed by atoms with E-state index in [4.69, 9.17) is 0 Å². The molecule has 0 amide bonds. The molecule has 0 bridgehead atoms. The average Bonchev–Trinajstić information content (AvgIpc) is 2.75. The molecule has 1 heterocycles. The van der Waals surface area contributed by atoms with Gasteiger partial charge in [-0.05, 0) is 54.5 Å². The van der Waals surface area contributed by atoms with Gasteiger partial charge in [0, 0.05) is 18.7 Å². The first-order chi connectivity index (χ1) is 8.79. The normalized spacial score (nSPS) is 26.8. The lowest BCUT2D eigenvalue weighted by Gasteiger charge is -2.28. The van der Waals surface area contributed by atoms with Gasteiger partial charge in [0.1, 0.15) is 0 Å². The summed E-state index contributed by atoms with van der Waals surface area (Å²) < 4.78 is 0. The van der Waals surface area contributed by atoms with E-state index >= 15 is 0 Å². The molecule has 0 radical (unpaired) electrons. The topological polar surface area (TPSA) is 32.3 Å². The highest BCUT2D eigenvalue weighted by Crippen LogP contribution is 2.24. The fourth-order valence-corrected chi connectivity index (χ4v) is 3.69. The zero-order valence-electron chi connectivity index (χ0n) is 11.3. The number of rotatable bonds is 5. The number of hydrogen-bond acceptors (Lipinski definition) is 3. The van der Waals surface area contributed by atoms with Crippen LogP contribution in [0.5, 0.6) is 0 Å². The van der Waals surface area contributed by atoms with Crippen LogP contribution in [0.1, 0.15) is 44.6 Å². The predicted molar refractivity (Wildman–Crippen MR) is 78.1 cm³/mol. The van der Waals surface area contributed by atoms with Crippen molar-refractivity contribution in [2.24, 2.45) is 5.92 Å². The third-order valence-electron chi connectivity index (χ3n) is 4.01. The van der Waals surface area contributed by atoms with E-state index in [9.17, 15) is 5.11 Å². The van der Waals surface area contributed by atoms with Crippen molar-refractivity contribution in [2.75, 3.05) is 6.61 Å². The molecule has 2 nitrogen and oxygen atoms in total. The minimum Gasteiger partial charge on any atom is -0.396 e. The van der Waals surface area contributed by atoms with Crippen molar-refractivity contribution >= 4 is 11.3 Å². The van der Waals surface area contributed by atoms with E-state index in [-0.39, 0.29) is 0 Å². The van der Waals surface area contributed by atoms with E-state index in [1.54, 1.807) is 11.3 Å². The van der Waals surface area contributed by atoms with Crippen LogP contribution in [-0.4, -0.2) is 23.8 Å². The van der Waals surface area contributed by atoms with E-state index in [1.807, 2.05) is 0 Å². The Labute approximate surface area is 114 Å². The lowest BCUT2D eigenvalue weighted by molar-refractivity contribution is 0.176. The molecular weight excluding hydrogens is 242 g/mol. The Kier molecular flexibility index (Phi) is 5.67. The first kappa shape index (κ1) is 14.0. The van der Waals surface area contributed by atoms with Crippen molar-refractivity contribution in [3.63, 3.8) is 0 Å². The second kappa shape index (κ2) is 7.27.